The maximum Gasteiger partial charge on any atom is 0.198 e. The van der Waals surface area contributed by atoms with E-state index in [1.165, 1.54) is 11.3 Å². The summed E-state index contributed by atoms with van der Waals surface area (Å²) >= 11 is 5.38. The largest absolute Gasteiger partial charge is 0.331 e. The third-order valence-electron chi connectivity index (χ3n) is 3.66. The van der Waals surface area contributed by atoms with E-state index >= 15 is 0 Å². The third kappa shape index (κ3) is 3.52. The van der Waals surface area contributed by atoms with Crippen molar-refractivity contribution >= 4 is 34.5 Å². The summed E-state index contributed by atoms with van der Waals surface area (Å²) in [6.45, 7) is 3.11. The predicted molar refractivity (Wildman–Crippen MR) is 97.9 cm³/mol. The molecule has 0 aromatic heterocycles. The second-order valence-corrected chi connectivity index (χ2v) is 5.81. The molecular weight excluding hydrogens is 290 g/mol. The number of thiocarbonyl (C=S) groups is 1. The zero-order chi connectivity index (χ0) is 15.4. The maximum atomic E-state index is 5.38. The van der Waals surface area contributed by atoms with Gasteiger partial charge in [0.05, 0.1) is 0 Å². The lowest BCUT2D eigenvalue weighted by atomic mass is 10.2. The van der Waals surface area contributed by atoms with Gasteiger partial charge in [-0.3, -0.25) is 0 Å². The van der Waals surface area contributed by atoms with Crippen LogP contribution in [0.3, 0.4) is 0 Å². The molecule has 0 atom stereocenters. The van der Waals surface area contributed by atoms with Gasteiger partial charge in [0.25, 0.3) is 0 Å². The van der Waals surface area contributed by atoms with Gasteiger partial charge in [0.1, 0.15) is 5.84 Å². The minimum Gasteiger partial charge on any atom is -0.331 e. The average Bonchev–Trinajstić information content (AvgIpc) is 2.96. The van der Waals surface area contributed by atoms with Gasteiger partial charge in [-0.15, -0.1) is 0 Å². The summed E-state index contributed by atoms with van der Waals surface area (Å²) in [5, 5.41) is 3.68. The van der Waals surface area contributed by atoms with E-state index in [0.29, 0.717) is 5.11 Å². The molecule has 4 heteroatoms. The standard InChI is InChI=1S/C18H19N3S/c1-14-7-5-10-16(13-14)21-12-6-11-17(21)20-18(22)19-15-8-3-2-4-9-15/h2-5,7-10,13H,6,11-12H2,1H3,(H,19,22)/b20-17+. The molecule has 0 saturated carbocycles. The average molecular weight is 309 g/mol. The lowest BCUT2D eigenvalue weighted by Crippen LogP contribution is -2.26. The molecule has 0 bridgehead atoms. The summed E-state index contributed by atoms with van der Waals surface area (Å²) in [7, 11) is 0. The molecule has 1 aliphatic rings. The number of amidine groups is 1. The molecule has 1 N–H and O–H groups in total. The van der Waals surface area contributed by atoms with Crippen molar-refractivity contribution in [2.24, 2.45) is 4.99 Å². The van der Waals surface area contributed by atoms with E-state index in [1.807, 2.05) is 30.3 Å². The lowest BCUT2D eigenvalue weighted by molar-refractivity contribution is 0.956. The number of aryl methyl sites for hydroxylation is 1. The molecule has 3 nitrogen and oxygen atoms in total. The van der Waals surface area contributed by atoms with Gasteiger partial charge in [-0.05, 0) is 55.4 Å². The molecule has 2 aromatic rings. The number of nitrogens with zero attached hydrogens (tertiary/aromatic N) is 2. The van der Waals surface area contributed by atoms with Crippen molar-refractivity contribution in [1.82, 2.24) is 0 Å². The summed E-state index contributed by atoms with van der Waals surface area (Å²) < 4.78 is 0. The van der Waals surface area contributed by atoms with E-state index in [9.17, 15) is 0 Å². The van der Waals surface area contributed by atoms with E-state index in [0.717, 1.165) is 30.9 Å². The van der Waals surface area contributed by atoms with Crippen LogP contribution in [0, 0.1) is 6.92 Å². The van der Waals surface area contributed by atoms with Gasteiger partial charge in [0.2, 0.25) is 0 Å². The second-order valence-electron chi connectivity index (χ2n) is 5.42. The monoisotopic (exact) mass is 309 g/mol. The van der Waals surface area contributed by atoms with Gasteiger partial charge in [0.15, 0.2) is 5.11 Å². The first kappa shape index (κ1) is 14.7. The number of para-hydroxylation sites is 1. The summed E-state index contributed by atoms with van der Waals surface area (Å²) in [6, 6.07) is 18.4. The van der Waals surface area contributed by atoms with E-state index in [1.54, 1.807) is 0 Å². The van der Waals surface area contributed by atoms with Crippen molar-refractivity contribution < 1.29 is 0 Å². The molecule has 112 valence electrons. The van der Waals surface area contributed by atoms with Crippen molar-refractivity contribution in [3.8, 4) is 0 Å². The Balaban J connectivity index is 1.76. The molecule has 0 amide bonds. The Hall–Kier alpha value is -2.20. The Labute approximate surface area is 136 Å². The highest BCUT2D eigenvalue weighted by atomic mass is 32.1. The van der Waals surface area contributed by atoms with E-state index in [4.69, 9.17) is 12.2 Å². The number of hydrogen-bond donors (Lipinski definition) is 1. The fourth-order valence-electron chi connectivity index (χ4n) is 2.64. The molecule has 1 heterocycles. The minimum absolute atomic E-state index is 0.515. The number of benzene rings is 2. The molecule has 0 spiro atoms. The van der Waals surface area contributed by atoms with Crippen molar-refractivity contribution in [3.63, 3.8) is 0 Å². The van der Waals surface area contributed by atoms with Gasteiger partial charge < -0.3 is 10.2 Å². The molecule has 0 radical (unpaired) electrons. The molecule has 0 aliphatic carbocycles. The normalized spacial score (nSPS) is 16.0. The first-order valence-corrected chi connectivity index (χ1v) is 7.91. The quantitative estimate of drug-likeness (QED) is 0.834. The summed E-state index contributed by atoms with van der Waals surface area (Å²) in [5.41, 5.74) is 3.42. The van der Waals surface area contributed by atoms with Crippen LogP contribution >= 0.6 is 12.2 Å². The predicted octanol–water partition coefficient (Wildman–Crippen LogP) is 4.39. The Morgan fingerprint density at radius 1 is 1.14 bits per heavy atom. The molecule has 1 fully saturated rings. The molecule has 2 aromatic carbocycles. The minimum atomic E-state index is 0.515. The SMILES string of the molecule is Cc1cccc(N2CCC/C2=N\C(=S)Nc2ccccc2)c1. The Morgan fingerprint density at radius 3 is 2.73 bits per heavy atom. The van der Waals surface area contributed by atoms with Crippen molar-refractivity contribution in [2.45, 2.75) is 19.8 Å². The topological polar surface area (TPSA) is 27.6 Å². The highest BCUT2D eigenvalue weighted by molar-refractivity contribution is 7.80. The highest BCUT2D eigenvalue weighted by Gasteiger charge is 2.20. The van der Waals surface area contributed by atoms with Crippen LogP contribution in [-0.2, 0) is 0 Å². The van der Waals surface area contributed by atoms with Gasteiger partial charge in [0, 0.05) is 24.3 Å². The molecule has 0 unspecified atom stereocenters. The molecule has 1 aliphatic heterocycles. The zero-order valence-electron chi connectivity index (χ0n) is 12.6. The van der Waals surface area contributed by atoms with E-state index < -0.39 is 0 Å². The van der Waals surface area contributed by atoms with E-state index in [-0.39, 0.29) is 0 Å². The smallest absolute Gasteiger partial charge is 0.198 e. The van der Waals surface area contributed by atoms with Crippen LogP contribution in [0.25, 0.3) is 0 Å². The summed E-state index contributed by atoms with van der Waals surface area (Å²) in [4.78, 5) is 6.88. The van der Waals surface area contributed by atoms with Crippen LogP contribution in [0.5, 0.6) is 0 Å². The Morgan fingerprint density at radius 2 is 1.95 bits per heavy atom. The van der Waals surface area contributed by atoms with Gasteiger partial charge in [-0.2, -0.15) is 0 Å². The van der Waals surface area contributed by atoms with Crippen LogP contribution in [0.2, 0.25) is 0 Å². The van der Waals surface area contributed by atoms with Gasteiger partial charge in [-0.25, -0.2) is 4.99 Å². The van der Waals surface area contributed by atoms with Crippen molar-refractivity contribution in [2.75, 3.05) is 16.8 Å². The number of aliphatic imine (C=N–C) groups is 1. The molecule has 22 heavy (non-hydrogen) atoms. The Bertz CT molecular complexity index is 694. The zero-order valence-corrected chi connectivity index (χ0v) is 13.4. The fraction of sp³-hybridized carbons (Fsp3) is 0.222. The van der Waals surface area contributed by atoms with Crippen molar-refractivity contribution in [3.05, 3.63) is 60.2 Å². The number of rotatable bonds is 2. The summed E-state index contributed by atoms with van der Waals surface area (Å²) in [6.07, 6.45) is 2.07. The first-order chi connectivity index (χ1) is 10.7. The lowest BCUT2D eigenvalue weighted by Gasteiger charge is -2.19. The molecular formula is C18H19N3S. The number of nitrogens with one attached hydrogen (secondary N) is 1. The van der Waals surface area contributed by atoms with Crippen molar-refractivity contribution in [1.29, 1.82) is 0 Å². The van der Waals surface area contributed by atoms with Crippen LogP contribution in [0.4, 0.5) is 11.4 Å². The maximum absolute atomic E-state index is 5.38. The molecule has 1 saturated heterocycles. The van der Waals surface area contributed by atoms with Crippen LogP contribution < -0.4 is 10.2 Å². The second kappa shape index (κ2) is 6.71. The fourth-order valence-corrected chi connectivity index (χ4v) is 2.86. The Kier molecular flexibility index (Phi) is 4.49. The first-order valence-electron chi connectivity index (χ1n) is 7.50. The summed E-state index contributed by atoms with van der Waals surface area (Å²) in [5.74, 6) is 1.04. The van der Waals surface area contributed by atoms with Crippen LogP contribution in [-0.4, -0.2) is 17.5 Å². The van der Waals surface area contributed by atoms with Crippen LogP contribution in [0.15, 0.2) is 59.6 Å². The van der Waals surface area contributed by atoms with Gasteiger partial charge in [-0.1, -0.05) is 30.3 Å². The third-order valence-corrected chi connectivity index (χ3v) is 3.86. The van der Waals surface area contributed by atoms with E-state index in [2.05, 4.69) is 46.4 Å². The van der Waals surface area contributed by atoms with Gasteiger partial charge >= 0.3 is 0 Å². The molecule has 3 rings (SSSR count). The number of hydrogen-bond acceptors (Lipinski definition) is 1. The number of anilines is 2. The highest BCUT2D eigenvalue weighted by Crippen LogP contribution is 2.23. The van der Waals surface area contributed by atoms with Crippen LogP contribution in [0.1, 0.15) is 18.4 Å².